The number of carbonyl (C=O) groups is 1. The Labute approximate surface area is 92.6 Å². The van der Waals surface area contributed by atoms with Gasteiger partial charge < -0.3 is 9.15 Å². The van der Waals surface area contributed by atoms with Gasteiger partial charge in [-0.3, -0.25) is 4.79 Å². The molecule has 1 rings (SSSR count). The zero-order valence-corrected chi connectivity index (χ0v) is 10.1. The van der Waals surface area contributed by atoms with Gasteiger partial charge in [0.05, 0.1) is 12.5 Å². The van der Waals surface area contributed by atoms with Gasteiger partial charge in [0.25, 0.3) is 5.22 Å². The SMILES string of the molecule is COC(=O)C(C)(C)CSc1nnc(C)o1. The molecule has 84 valence electrons. The number of aryl methyl sites for hydroxylation is 1. The van der Waals surface area contributed by atoms with Gasteiger partial charge in [-0.15, -0.1) is 10.2 Å². The van der Waals surface area contributed by atoms with Gasteiger partial charge in [0.2, 0.25) is 5.89 Å². The number of methoxy groups -OCH3 is 1. The van der Waals surface area contributed by atoms with Crippen LogP contribution in [0, 0.1) is 12.3 Å². The highest BCUT2D eigenvalue weighted by atomic mass is 32.2. The molecular formula is C9H14N2O3S. The molecule has 0 unspecified atom stereocenters. The van der Waals surface area contributed by atoms with Crippen LogP contribution in [-0.2, 0) is 9.53 Å². The Hall–Kier alpha value is -1.04. The first-order chi connectivity index (χ1) is 6.95. The highest BCUT2D eigenvalue weighted by Crippen LogP contribution is 2.27. The first-order valence-corrected chi connectivity index (χ1v) is 5.45. The van der Waals surface area contributed by atoms with Gasteiger partial charge in [-0.05, 0) is 13.8 Å². The maximum atomic E-state index is 11.4. The molecule has 0 amide bonds. The van der Waals surface area contributed by atoms with Crippen LogP contribution < -0.4 is 0 Å². The van der Waals surface area contributed by atoms with Crippen LogP contribution in [0.3, 0.4) is 0 Å². The van der Waals surface area contributed by atoms with Crippen LogP contribution in [-0.4, -0.2) is 29.0 Å². The summed E-state index contributed by atoms with van der Waals surface area (Å²) in [7, 11) is 1.38. The zero-order valence-electron chi connectivity index (χ0n) is 9.23. The molecule has 1 aromatic heterocycles. The fourth-order valence-corrected chi connectivity index (χ4v) is 1.79. The van der Waals surface area contributed by atoms with Crippen molar-refractivity contribution < 1.29 is 13.9 Å². The van der Waals surface area contributed by atoms with Crippen molar-refractivity contribution in [2.24, 2.45) is 5.41 Å². The van der Waals surface area contributed by atoms with E-state index in [1.165, 1.54) is 18.9 Å². The topological polar surface area (TPSA) is 65.2 Å². The normalized spacial score (nSPS) is 11.5. The summed E-state index contributed by atoms with van der Waals surface area (Å²) >= 11 is 1.35. The van der Waals surface area contributed by atoms with Crippen LogP contribution in [0.25, 0.3) is 0 Å². The highest BCUT2D eigenvalue weighted by molar-refractivity contribution is 7.99. The monoisotopic (exact) mass is 230 g/mol. The lowest BCUT2D eigenvalue weighted by Crippen LogP contribution is -2.28. The van der Waals surface area contributed by atoms with Gasteiger partial charge in [0, 0.05) is 12.7 Å². The molecule has 0 bridgehead atoms. The lowest BCUT2D eigenvalue weighted by Gasteiger charge is -2.19. The van der Waals surface area contributed by atoms with Gasteiger partial charge in [-0.1, -0.05) is 11.8 Å². The molecule has 0 saturated heterocycles. The van der Waals surface area contributed by atoms with Crippen LogP contribution in [0.5, 0.6) is 0 Å². The number of esters is 1. The van der Waals surface area contributed by atoms with Crippen molar-refractivity contribution in [3.63, 3.8) is 0 Å². The number of nitrogens with zero attached hydrogens (tertiary/aromatic N) is 2. The van der Waals surface area contributed by atoms with E-state index < -0.39 is 5.41 Å². The minimum Gasteiger partial charge on any atom is -0.469 e. The first-order valence-electron chi connectivity index (χ1n) is 4.47. The van der Waals surface area contributed by atoms with E-state index in [9.17, 15) is 4.79 Å². The third-order valence-corrected chi connectivity index (χ3v) is 3.08. The van der Waals surface area contributed by atoms with E-state index in [0.29, 0.717) is 16.9 Å². The number of hydrogen-bond acceptors (Lipinski definition) is 6. The van der Waals surface area contributed by atoms with Gasteiger partial charge >= 0.3 is 5.97 Å². The summed E-state index contributed by atoms with van der Waals surface area (Å²) in [6.07, 6.45) is 0. The number of aromatic nitrogens is 2. The molecule has 1 aromatic rings. The molecule has 5 nitrogen and oxygen atoms in total. The molecule has 0 aliphatic heterocycles. The van der Waals surface area contributed by atoms with Crippen LogP contribution in [0.2, 0.25) is 0 Å². The molecule has 15 heavy (non-hydrogen) atoms. The molecule has 6 heteroatoms. The predicted octanol–water partition coefficient (Wildman–Crippen LogP) is 1.67. The molecule has 0 spiro atoms. The van der Waals surface area contributed by atoms with E-state index >= 15 is 0 Å². The Morgan fingerprint density at radius 1 is 1.53 bits per heavy atom. The van der Waals surface area contributed by atoms with E-state index in [2.05, 4.69) is 14.9 Å². The Kier molecular flexibility index (Phi) is 3.73. The Morgan fingerprint density at radius 2 is 2.20 bits per heavy atom. The second-order valence-corrected chi connectivity index (χ2v) is 4.68. The van der Waals surface area contributed by atoms with Crippen LogP contribution >= 0.6 is 11.8 Å². The summed E-state index contributed by atoms with van der Waals surface area (Å²) < 4.78 is 9.87. The summed E-state index contributed by atoms with van der Waals surface area (Å²) in [5.74, 6) is 0.820. The Bertz CT molecular complexity index is 349. The standard InChI is InChI=1S/C9H14N2O3S/c1-6-10-11-8(14-6)15-5-9(2,3)7(12)13-4/h5H2,1-4H3. The van der Waals surface area contributed by atoms with Crippen LogP contribution in [0.4, 0.5) is 0 Å². The fraction of sp³-hybridized carbons (Fsp3) is 0.667. The highest BCUT2D eigenvalue weighted by Gasteiger charge is 2.29. The van der Waals surface area contributed by atoms with Gasteiger partial charge in [0.1, 0.15) is 0 Å². The summed E-state index contributed by atoms with van der Waals surface area (Å²) in [5.41, 5.74) is -0.554. The van der Waals surface area contributed by atoms with Crippen molar-refractivity contribution in [1.29, 1.82) is 0 Å². The summed E-state index contributed by atoms with van der Waals surface area (Å²) in [5, 5.41) is 8.00. The number of ether oxygens (including phenoxy) is 1. The third kappa shape index (κ3) is 3.23. The zero-order chi connectivity index (χ0) is 11.5. The predicted molar refractivity (Wildman–Crippen MR) is 55.6 cm³/mol. The van der Waals surface area contributed by atoms with E-state index in [0.717, 1.165) is 0 Å². The summed E-state index contributed by atoms with van der Waals surface area (Å²) in [6, 6.07) is 0. The average Bonchev–Trinajstić information content (AvgIpc) is 2.60. The quantitative estimate of drug-likeness (QED) is 0.579. The Morgan fingerprint density at radius 3 is 2.67 bits per heavy atom. The molecule has 0 atom stereocenters. The van der Waals surface area contributed by atoms with Crippen molar-refractivity contribution in [3.8, 4) is 0 Å². The number of rotatable bonds is 4. The molecule has 0 radical (unpaired) electrons. The summed E-state index contributed by atoms with van der Waals surface area (Å²) in [4.78, 5) is 11.4. The minimum absolute atomic E-state index is 0.244. The maximum Gasteiger partial charge on any atom is 0.312 e. The fourth-order valence-electron chi connectivity index (χ4n) is 0.914. The minimum atomic E-state index is -0.554. The van der Waals surface area contributed by atoms with Crippen molar-refractivity contribution in [2.75, 3.05) is 12.9 Å². The van der Waals surface area contributed by atoms with E-state index in [1.54, 1.807) is 6.92 Å². The van der Waals surface area contributed by atoms with Crippen LogP contribution in [0.15, 0.2) is 9.64 Å². The second-order valence-electron chi connectivity index (χ2n) is 3.75. The van der Waals surface area contributed by atoms with Crippen molar-refractivity contribution in [1.82, 2.24) is 10.2 Å². The van der Waals surface area contributed by atoms with Crippen molar-refractivity contribution in [2.45, 2.75) is 26.0 Å². The van der Waals surface area contributed by atoms with Gasteiger partial charge in [-0.25, -0.2) is 0 Å². The lowest BCUT2D eigenvalue weighted by atomic mass is 9.97. The Balaban J connectivity index is 2.53. The van der Waals surface area contributed by atoms with Crippen molar-refractivity contribution in [3.05, 3.63) is 5.89 Å². The molecule has 1 heterocycles. The number of hydrogen-bond donors (Lipinski definition) is 0. The third-order valence-electron chi connectivity index (χ3n) is 1.80. The lowest BCUT2D eigenvalue weighted by molar-refractivity contribution is -0.149. The van der Waals surface area contributed by atoms with Crippen molar-refractivity contribution >= 4 is 17.7 Å². The van der Waals surface area contributed by atoms with E-state index in [4.69, 9.17) is 4.42 Å². The summed E-state index contributed by atoms with van der Waals surface area (Å²) in [6.45, 7) is 5.35. The average molecular weight is 230 g/mol. The number of carbonyl (C=O) groups excluding carboxylic acids is 1. The first kappa shape index (κ1) is 12.0. The molecule has 0 N–H and O–H groups in total. The van der Waals surface area contributed by atoms with E-state index in [-0.39, 0.29) is 5.97 Å². The van der Waals surface area contributed by atoms with Gasteiger partial charge in [-0.2, -0.15) is 0 Å². The van der Waals surface area contributed by atoms with Gasteiger partial charge in [0.15, 0.2) is 0 Å². The smallest absolute Gasteiger partial charge is 0.312 e. The molecule has 0 aliphatic rings. The molecule has 0 aromatic carbocycles. The van der Waals surface area contributed by atoms with E-state index in [1.807, 2.05) is 13.8 Å². The largest absolute Gasteiger partial charge is 0.469 e. The van der Waals surface area contributed by atoms with Crippen LogP contribution in [0.1, 0.15) is 19.7 Å². The molecule has 0 aliphatic carbocycles. The second kappa shape index (κ2) is 4.65. The number of thioether (sulfide) groups is 1. The maximum absolute atomic E-state index is 11.4. The molecule has 0 saturated carbocycles. The molecule has 0 fully saturated rings. The molecular weight excluding hydrogens is 216 g/mol.